The fraction of sp³-hybridized carbons (Fsp3) is 0.857. The van der Waals surface area contributed by atoms with Gasteiger partial charge in [0.15, 0.2) is 0 Å². The maximum atomic E-state index is 11.7. The van der Waals surface area contributed by atoms with Crippen LogP contribution in [0, 0.1) is 0 Å². The second kappa shape index (κ2) is 10.4. The molecule has 21 heavy (non-hydrogen) atoms. The zero-order chi connectivity index (χ0) is 15.5. The van der Waals surface area contributed by atoms with Gasteiger partial charge in [0.1, 0.15) is 6.04 Å². The Balaban J connectivity index is 2.18. The predicted molar refractivity (Wildman–Crippen MR) is 79.4 cm³/mol. The summed E-state index contributed by atoms with van der Waals surface area (Å²) in [5, 5.41) is 14.3. The van der Waals surface area contributed by atoms with Crippen LogP contribution in [-0.2, 0) is 9.53 Å². The third-order valence-electron chi connectivity index (χ3n) is 3.61. The summed E-state index contributed by atoms with van der Waals surface area (Å²) < 4.78 is 4.88. The van der Waals surface area contributed by atoms with E-state index in [0.717, 1.165) is 19.6 Å². The zero-order valence-corrected chi connectivity index (χ0v) is 12.8. The number of carboxylic acid groups (broad SMARTS) is 1. The second-order valence-corrected chi connectivity index (χ2v) is 5.33. The molecular weight excluding hydrogens is 274 g/mol. The van der Waals surface area contributed by atoms with Gasteiger partial charge in [-0.15, -0.1) is 0 Å². The Morgan fingerprint density at radius 3 is 2.62 bits per heavy atom. The van der Waals surface area contributed by atoms with E-state index in [9.17, 15) is 9.59 Å². The summed E-state index contributed by atoms with van der Waals surface area (Å²) in [6, 6.07) is -1.29. The van der Waals surface area contributed by atoms with Gasteiger partial charge < -0.3 is 25.4 Å². The molecule has 2 amide bonds. The molecule has 122 valence electrons. The molecule has 1 atom stereocenters. The van der Waals surface area contributed by atoms with E-state index >= 15 is 0 Å². The van der Waals surface area contributed by atoms with E-state index < -0.39 is 18.0 Å². The highest BCUT2D eigenvalue weighted by atomic mass is 16.5. The average Bonchev–Trinajstić information content (AvgIpc) is 2.47. The van der Waals surface area contributed by atoms with Gasteiger partial charge in [-0.05, 0) is 38.8 Å². The molecular formula is C14H27N3O4. The van der Waals surface area contributed by atoms with E-state index in [2.05, 4.69) is 15.5 Å². The molecule has 7 heteroatoms. The molecule has 1 aliphatic rings. The highest BCUT2D eigenvalue weighted by Crippen LogP contribution is 2.07. The van der Waals surface area contributed by atoms with Gasteiger partial charge in [0.25, 0.3) is 0 Å². The van der Waals surface area contributed by atoms with Gasteiger partial charge in [-0.3, -0.25) is 0 Å². The number of amides is 2. The molecule has 0 aromatic heterocycles. The number of rotatable bonds is 9. The number of hydrogen-bond acceptors (Lipinski definition) is 4. The largest absolute Gasteiger partial charge is 0.480 e. The van der Waals surface area contributed by atoms with E-state index in [0.29, 0.717) is 26.0 Å². The van der Waals surface area contributed by atoms with Crippen molar-refractivity contribution in [1.82, 2.24) is 15.5 Å². The number of carbonyl (C=O) groups excluding carboxylic acids is 1. The van der Waals surface area contributed by atoms with Crippen molar-refractivity contribution in [3.05, 3.63) is 0 Å². The summed E-state index contributed by atoms with van der Waals surface area (Å²) in [6.45, 7) is 4.00. The van der Waals surface area contributed by atoms with E-state index in [-0.39, 0.29) is 0 Å². The van der Waals surface area contributed by atoms with Crippen molar-refractivity contribution in [1.29, 1.82) is 0 Å². The van der Waals surface area contributed by atoms with Crippen LogP contribution in [0.25, 0.3) is 0 Å². The molecule has 1 aliphatic heterocycles. The molecule has 3 N–H and O–H groups in total. The maximum absolute atomic E-state index is 11.7. The smallest absolute Gasteiger partial charge is 0.326 e. The molecule has 0 aliphatic carbocycles. The molecule has 1 heterocycles. The lowest BCUT2D eigenvalue weighted by Gasteiger charge is -2.26. The van der Waals surface area contributed by atoms with Crippen LogP contribution in [0.2, 0.25) is 0 Å². The van der Waals surface area contributed by atoms with Crippen LogP contribution in [0.3, 0.4) is 0 Å². The molecule has 7 nitrogen and oxygen atoms in total. The molecule has 1 fully saturated rings. The minimum atomic E-state index is -1.02. The van der Waals surface area contributed by atoms with Crippen LogP contribution in [0.1, 0.15) is 32.1 Å². The number of carboxylic acids is 1. The first kappa shape index (κ1) is 17.7. The molecule has 1 unspecified atom stereocenters. The molecule has 1 rings (SSSR count). The van der Waals surface area contributed by atoms with Gasteiger partial charge >= 0.3 is 12.0 Å². The molecule has 1 saturated heterocycles. The van der Waals surface area contributed by atoms with Crippen LogP contribution in [0.5, 0.6) is 0 Å². The van der Waals surface area contributed by atoms with E-state index in [4.69, 9.17) is 9.84 Å². The van der Waals surface area contributed by atoms with Crippen LogP contribution in [0.4, 0.5) is 4.79 Å². The first-order chi connectivity index (χ1) is 10.1. The molecule has 0 aromatic carbocycles. The van der Waals surface area contributed by atoms with Crippen molar-refractivity contribution < 1.29 is 19.4 Å². The molecule has 0 aromatic rings. The lowest BCUT2D eigenvalue weighted by atomic mass is 10.1. The minimum Gasteiger partial charge on any atom is -0.480 e. The lowest BCUT2D eigenvalue weighted by Crippen LogP contribution is -2.48. The van der Waals surface area contributed by atoms with Crippen molar-refractivity contribution in [3.63, 3.8) is 0 Å². The van der Waals surface area contributed by atoms with Gasteiger partial charge in [-0.1, -0.05) is 6.42 Å². The van der Waals surface area contributed by atoms with Crippen molar-refractivity contribution in [2.45, 2.75) is 38.1 Å². The van der Waals surface area contributed by atoms with Gasteiger partial charge in [0.05, 0.1) is 0 Å². The topological polar surface area (TPSA) is 90.9 Å². The van der Waals surface area contributed by atoms with Crippen molar-refractivity contribution in [2.75, 3.05) is 39.9 Å². The average molecular weight is 301 g/mol. The van der Waals surface area contributed by atoms with Gasteiger partial charge in [0.2, 0.25) is 0 Å². The van der Waals surface area contributed by atoms with E-state index in [1.54, 1.807) is 7.11 Å². The fourth-order valence-electron chi connectivity index (χ4n) is 2.41. The van der Waals surface area contributed by atoms with E-state index in [1.807, 2.05) is 0 Å². The summed E-state index contributed by atoms with van der Waals surface area (Å²) in [6.07, 6.45) is 4.68. The predicted octanol–water partition coefficient (Wildman–Crippen LogP) is 0.651. The third-order valence-corrected chi connectivity index (χ3v) is 3.61. The molecule has 0 radical (unpaired) electrons. The van der Waals surface area contributed by atoms with Gasteiger partial charge in [-0.25, -0.2) is 9.59 Å². The Hall–Kier alpha value is -1.34. The number of aliphatic carboxylic acids is 1. The lowest BCUT2D eigenvalue weighted by molar-refractivity contribution is -0.139. The second-order valence-electron chi connectivity index (χ2n) is 5.33. The Bertz CT molecular complexity index is 319. The number of urea groups is 1. The summed E-state index contributed by atoms with van der Waals surface area (Å²) in [5.74, 6) is -1.02. The summed E-state index contributed by atoms with van der Waals surface area (Å²) >= 11 is 0. The standard InChI is InChI=1S/C14H27N3O4/c1-21-11-5-6-12(13(18)19)16-14(20)15-7-10-17-8-3-2-4-9-17/h12H,2-11H2,1H3,(H,18,19)(H2,15,16,20). The Morgan fingerprint density at radius 1 is 1.29 bits per heavy atom. The zero-order valence-electron chi connectivity index (χ0n) is 12.8. The Labute approximate surface area is 126 Å². The number of likely N-dealkylation sites (tertiary alicyclic amines) is 1. The summed E-state index contributed by atoms with van der Waals surface area (Å²) in [4.78, 5) is 25.1. The van der Waals surface area contributed by atoms with Crippen molar-refractivity contribution in [3.8, 4) is 0 Å². The third kappa shape index (κ3) is 7.87. The first-order valence-corrected chi connectivity index (χ1v) is 7.62. The van der Waals surface area contributed by atoms with Crippen LogP contribution < -0.4 is 10.6 Å². The number of nitrogens with zero attached hydrogens (tertiary/aromatic N) is 1. The highest BCUT2D eigenvalue weighted by molar-refractivity contribution is 5.82. The normalized spacial score (nSPS) is 17.2. The highest BCUT2D eigenvalue weighted by Gasteiger charge is 2.19. The first-order valence-electron chi connectivity index (χ1n) is 7.62. The number of hydrogen-bond donors (Lipinski definition) is 3. The number of ether oxygens (including phenoxy) is 1. The summed E-state index contributed by atoms with van der Waals surface area (Å²) in [7, 11) is 1.57. The SMILES string of the molecule is COCCCC(NC(=O)NCCN1CCCCC1)C(=O)O. The van der Waals surface area contributed by atoms with Crippen molar-refractivity contribution in [2.24, 2.45) is 0 Å². The Morgan fingerprint density at radius 2 is 2.00 bits per heavy atom. The molecule has 0 bridgehead atoms. The molecule has 0 spiro atoms. The Kier molecular flexibility index (Phi) is 8.77. The number of nitrogens with one attached hydrogen (secondary N) is 2. The minimum absolute atomic E-state index is 0.364. The van der Waals surface area contributed by atoms with Crippen LogP contribution >= 0.6 is 0 Å². The summed E-state index contributed by atoms with van der Waals surface area (Å²) in [5.41, 5.74) is 0. The van der Waals surface area contributed by atoms with Gasteiger partial charge in [0, 0.05) is 26.8 Å². The fourth-order valence-corrected chi connectivity index (χ4v) is 2.41. The monoisotopic (exact) mass is 301 g/mol. The van der Waals surface area contributed by atoms with Crippen LogP contribution in [-0.4, -0.2) is 67.9 Å². The molecule has 0 saturated carbocycles. The van der Waals surface area contributed by atoms with E-state index in [1.165, 1.54) is 19.3 Å². The van der Waals surface area contributed by atoms with Gasteiger partial charge in [-0.2, -0.15) is 0 Å². The van der Waals surface area contributed by atoms with Crippen LogP contribution in [0.15, 0.2) is 0 Å². The number of piperidine rings is 1. The maximum Gasteiger partial charge on any atom is 0.326 e. The number of methoxy groups -OCH3 is 1. The quantitative estimate of drug-likeness (QED) is 0.544. The number of carbonyl (C=O) groups is 2. The van der Waals surface area contributed by atoms with Crippen molar-refractivity contribution >= 4 is 12.0 Å².